The third kappa shape index (κ3) is 5.63. The highest BCUT2D eigenvalue weighted by Crippen LogP contribution is 2.47. The zero-order chi connectivity index (χ0) is 20.3. The van der Waals surface area contributed by atoms with Crippen molar-refractivity contribution < 1.29 is 33.2 Å². The molecule has 5 nitrogen and oxygen atoms in total. The van der Waals surface area contributed by atoms with Crippen LogP contribution in [0.2, 0.25) is 0 Å². The van der Waals surface area contributed by atoms with E-state index in [1.165, 1.54) is 0 Å². The molecule has 0 radical (unpaired) electrons. The first-order valence-electron chi connectivity index (χ1n) is 10.9. The normalized spacial score (nSPS) is 37.4. The fraction of sp³-hybridized carbons (Fsp3) is 1.00. The van der Waals surface area contributed by atoms with E-state index in [-0.39, 0.29) is 49.1 Å². The van der Waals surface area contributed by atoms with Crippen LogP contribution in [0.1, 0.15) is 71.6 Å². The second kappa shape index (κ2) is 9.65. The van der Waals surface area contributed by atoms with Crippen molar-refractivity contribution in [1.29, 1.82) is 0 Å². The molecule has 3 fully saturated rings. The van der Waals surface area contributed by atoms with E-state index in [1.54, 1.807) is 0 Å². The molecule has 3 rings (SSSR count). The molecule has 2 N–H and O–H groups in total. The summed E-state index contributed by atoms with van der Waals surface area (Å²) in [7, 11) is 0. The van der Waals surface area contributed by atoms with Gasteiger partial charge >= 0.3 is 0 Å². The van der Waals surface area contributed by atoms with E-state index >= 15 is 0 Å². The highest BCUT2D eigenvalue weighted by molar-refractivity contribution is 4.97. The quantitative estimate of drug-likeness (QED) is 0.609. The number of aliphatic hydroxyl groups excluding tert-OH is 2. The minimum Gasteiger partial charge on any atom is -0.387 e. The van der Waals surface area contributed by atoms with E-state index in [4.69, 9.17) is 14.2 Å². The van der Waals surface area contributed by atoms with Gasteiger partial charge in [0.1, 0.15) is 6.10 Å². The molecule has 0 aromatic heterocycles. The molecule has 164 valence electrons. The third-order valence-electron chi connectivity index (χ3n) is 6.56. The Bertz CT molecular complexity index is 483. The first-order valence-corrected chi connectivity index (χ1v) is 10.9. The van der Waals surface area contributed by atoms with Gasteiger partial charge in [0, 0.05) is 25.9 Å². The molecule has 1 saturated carbocycles. The Kier molecular flexibility index (Phi) is 7.70. The Labute approximate surface area is 166 Å². The van der Waals surface area contributed by atoms with E-state index < -0.39 is 18.3 Å². The lowest BCUT2D eigenvalue weighted by Gasteiger charge is -2.31. The van der Waals surface area contributed by atoms with Crippen LogP contribution in [-0.2, 0) is 14.2 Å². The van der Waals surface area contributed by atoms with E-state index in [0.29, 0.717) is 32.3 Å². The predicted octanol–water partition coefficient (Wildman–Crippen LogP) is 3.85. The highest BCUT2D eigenvalue weighted by Gasteiger charge is 2.51. The number of aliphatic hydroxyl groups is 2. The van der Waals surface area contributed by atoms with Crippen LogP contribution in [0.5, 0.6) is 0 Å². The molecule has 2 saturated heterocycles. The fourth-order valence-corrected chi connectivity index (χ4v) is 4.88. The second-order valence-electron chi connectivity index (χ2n) is 9.19. The highest BCUT2D eigenvalue weighted by atomic mass is 19.3. The molecule has 1 aliphatic carbocycles. The molecule has 4 unspecified atom stereocenters. The van der Waals surface area contributed by atoms with E-state index in [2.05, 4.69) is 0 Å². The third-order valence-corrected chi connectivity index (χ3v) is 6.56. The Hall–Kier alpha value is -0.340. The lowest BCUT2D eigenvalue weighted by Crippen LogP contribution is -2.36. The summed E-state index contributed by atoms with van der Waals surface area (Å²) in [4.78, 5) is 0. The van der Waals surface area contributed by atoms with Crippen molar-refractivity contribution >= 4 is 0 Å². The summed E-state index contributed by atoms with van der Waals surface area (Å²) in [5.74, 6) is -2.82. The number of hydrogen-bond donors (Lipinski definition) is 2. The van der Waals surface area contributed by atoms with Crippen LogP contribution >= 0.6 is 0 Å². The molecule has 2 aliphatic heterocycles. The maximum Gasteiger partial charge on any atom is 0.273 e. The van der Waals surface area contributed by atoms with Crippen molar-refractivity contribution in [2.24, 2.45) is 17.8 Å². The van der Waals surface area contributed by atoms with Gasteiger partial charge in [-0.05, 0) is 56.3 Å². The summed E-state index contributed by atoms with van der Waals surface area (Å²) >= 11 is 0. The van der Waals surface area contributed by atoms with Crippen LogP contribution in [0.15, 0.2) is 0 Å². The Morgan fingerprint density at radius 1 is 1.18 bits per heavy atom. The van der Waals surface area contributed by atoms with E-state index in [9.17, 15) is 19.0 Å². The first-order chi connectivity index (χ1) is 13.3. The minimum atomic E-state index is -3.07. The van der Waals surface area contributed by atoms with Gasteiger partial charge in [0.05, 0.1) is 12.2 Å². The van der Waals surface area contributed by atoms with Crippen LogP contribution in [0, 0.1) is 17.8 Å². The van der Waals surface area contributed by atoms with Crippen LogP contribution in [0.25, 0.3) is 0 Å². The molecule has 0 bridgehead atoms. The summed E-state index contributed by atoms with van der Waals surface area (Å²) < 4.78 is 46.0. The van der Waals surface area contributed by atoms with Crippen molar-refractivity contribution in [3.63, 3.8) is 0 Å². The molecule has 0 spiro atoms. The number of rotatable bonds is 9. The van der Waals surface area contributed by atoms with Crippen molar-refractivity contribution in [2.75, 3.05) is 6.61 Å². The molecule has 0 aromatic rings. The zero-order valence-corrected chi connectivity index (χ0v) is 17.1. The maximum absolute atomic E-state index is 14.3. The molecule has 3 aliphatic rings. The number of hydrogen-bond acceptors (Lipinski definition) is 5. The van der Waals surface area contributed by atoms with Crippen molar-refractivity contribution in [2.45, 2.75) is 108 Å². The number of fused-ring (bicyclic) bond motifs is 1. The average molecular weight is 407 g/mol. The second-order valence-corrected chi connectivity index (χ2v) is 9.19. The van der Waals surface area contributed by atoms with Crippen LogP contribution in [0.3, 0.4) is 0 Å². The zero-order valence-electron chi connectivity index (χ0n) is 17.1. The van der Waals surface area contributed by atoms with E-state index in [1.807, 2.05) is 13.8 Å². The molecule has 28 heavy (non-hydrogen) atoms. The molecule has 2 heterocycles. The lowest BCUT2D eigenvalue weighted by atomic mass is 9.86. The molecule has 7 atom stereocenters. The predicted molar refractivity (Wildman–Crippen MR) is 99.8 cm³/mol. The Morgan fingerprint density at radius 3 is 2.64 bits per heavy atom. The van der Waals surface area contributed by atoms with Crippen molar-refractivity contribution in [3.8, 4) is 0 Å². The number of ether oxygens (including phenoxy) is 3. The van der Waals surface area contributed by atoms with Gasteiger partial charge in [0.25, 0.3) is 5.92 Å². The number of halogens is 2. The van der Waals surface area contributed by atoms with Gasteiger partial charge < -0.3 is 24.4 Å². The maximum atomic E-state index is 14.3. The molecular formula is C21H36F2O5. The fourth-order valence-electron chi connectivity index (χ4n) is 4.88. The molecule has 0 amide bonds. The van der Waals surface area contributed by atoms with Crippen molar-refractivity contribution in [1.82, 2.24) is 0 Å². The summed E-state index contributed by atoms with van der Waals surface area (Å²) in [5, 5.41) is 20.0. The standard InChI is InChI=1S/C21H36F2O5/c1-13(2)8-9-21(22,23)18(24)7-6-14-15-11-19(25)27-17(15)12-16(14)28-20-5-3-4-10-26-20/h13-20,24-25H,3-12H2,1-2H3/t14?,15?,16-,17+,18?,19-,20?/m1/s1. The monoisotopic (exact) mass is 406 g/mol. The van der Waals surface area contributed by atoms with Gasteiger partial charge in [-0.1, -0.05) is 13.8 Å². The van der Waals surface area contributed by atoms with Crippen LogP contribution < -0.4 is 0 Å². The smallest absolute Gasteiger partial charge is 0.273 e. The van der Waals surface area contributed by atoms with E-state index in [0.717, 1.165) is 19.3 Å². The van der Waals surface area contributed by atoms with Gasteiger partial charge in [-0.15, -0.1) is 0 Å². The summed E-state index contributed by atoms with van der Waals surface area (Å²) in [6, 6.07) is 0. The topological polar surface area (TPSA) is 68.2 Å². The molecule has 0 aromatic carbocycles. The summed E-state index contributed by atoms with van der Waals surface area (Å²) in [6.45, 7) is 4.49. The molecular weight excluding hydrogens is 370 g/mol. The average Bonchev–Trinajstić information content (AvgIpc) is 3.14. The number of alkyl halides is 2. The molecule has 7 heteroatoms. The SMILES string of the molecule is CC(C)CCC(F)(F)C(O)CCC1C2C[C@H](O)O[C@H]2C[C@H]1OC1CCCCO1. The first kappa shape index (κ1) is 22.3. The lowest BCUT2D eigenvalue weighted by molar-refractivity contribution is -0.200. The van der Waals surface area contributed by atoms with Crippen molar-refractivity contribution in [3.05, 3.63) is 0 Å². The van der Waals surface area contributed by atoms with Crippen LogP contribution in [-0.4, -0.2) is 53.6 Å². The van der Waals surface area contributed by atoms with Gasteiger partial charge in [-0.2, -0.15) is 0 Å². The van der Waals surface area contributed by atoms with Crippen LogP contribution in [0.4, 0.5) is 8.78 Å². The van der Waals surface area contributed by atoms with Gasteiger partial charge in [0.2, 0.25) is 0 Å². The summed E-state index contributed by atoms with van der Waals surface area (Å²) in [6.07, 6.45) is 1.72. The van der Waals surface area contributed by atoms with Gasteiger partial charge in [-0.3, -0.25) is 0 Å². The van der Waals surface area contributed by atoms with Gasteiger partial charge in [0.15, 0.2) is 12.6 Å². The Balaban J connectivity index is 1.57. The minimum absolute atomic E-state index is 0.0109. The van der Waals surface area contributed by atoms with Gasteiger partial charge in [-0.25, -0.2) is 8.78 Å². The summed E-state index contributed by atoms with van der Waals surface area (Å²) in [5.41, 5.74) is 0. The Morgan fingerprint density at radius 2 is 1.96 bits per heavy atom. The largest absolute Gasteiger partial charge is 0.387 e.